The van der Waals surface area contributed by atoms with Crippen LogP contribution >= 0.6 is 0 Å². The summed E-state index contributed by atoms with van der Waals surface area (Å²) in [5, 5.41) is 8.71. The molecular weight excluding hydrogens is 284 g/mol. The normalized spacial score (nSPS) is 10.5. The number of nitrogens with zero attached hydrogens (tertiary/aromatic N) is 2. The SMILES string of the molecule is Cc1cc(CN(C)CC(=O)NC(=O)Nc2ccccc2)no1. The monoisotopic (exact) mass is 302 g/mol. The van der Waals surface area contributed by atoms with Crippen LogP contribution in [0.3, 0.4) is 0 Å². The van der Waals surface area contributed by atoms with Gasteiger partial charge in [-0.3, -0.25) is 15.0 Å². The molecule has 7 heteroatoms. The van der Waals surface area contributed by atoms with Crippen LogP contribution in [0.5, 0.6) is 0 Å². The Bertz CT molecular complexity index is 639. The number of urea groups is 1. The molecule has 7 nitrogen and oxygen atoms in total. The predicted molar refractivity (Wildman–Crippen MR) is 81.2 cm³/mol. The Morgan fingerprint density at radius 2 is 2.00 bits per heavy atom. The van der Waals surface area contributed by atoms with Crippen molar-refractivity contribution in [2.24, 2.45) is 0 Å². The highest BCUT2D eigenvalue weighted by Crippen LogP contribution is 2.05. The molecule has 2 aromatic rings. The zero-order chi connectivity index (χ0) is 15.9. The summed E-state index contributed by atoms with van der Waals surface area (Å²) in [6, 6.07) is 10.2. The second kappa shape index (κ2) is 7.37. The summed E-state index contributed by atoms with van der Waals surface area (Å²) in [5.41, 5.74) is 1.36. The molecule has 0 spiro atoms. The van der Waals surface area contributed by atoms with Gasteiger partial charge in [-0.05, 0) is 26.1 Å². The van der Waals surface area contributed by atoms with Gasteiger partial charge in [-0.1, -0.05) is 23.4 Å². The molecule has 0 aliphatic carbocycles. The van der Waals surface area contributed by atoms with E-state index in [1.54, 1.807) is 49.2 Å². The van der Waals surface area contributed by atoms with Gasteiger partial charge in [-0.15, -0.1) is 0 Å². The molecule has 0 bridgehead atoms. The molecule has 0 saturated carbocycles. The number of amides is 3. The Labute approximate surface area is 128 Å². The van der Waals surface area contributed by atoms with Crippen molar-refractivity contribution in [1.82, 2.24) is 15.4 Å². The molecular formula is C15H18N4O3. The van der Waals surface area contributed by atoms with Crippen molar-refractivity contribution in [3.05, 3.63) is 47.9 Å². The highest BCUT2D eigenvalue weighted by Gasteiger charge is 2.12. The molecule has 0 radical (unpaired) electrons. The molecule has 0 fully saturated rings. The maximum atomic E-state index is 11.8. The molecule has 116 valence electrons. The average Bonchev–Trinajstić information content (AvgIpc) is 2.84. The first-order valence-electron chi connectivity index (χ1n) is 6.79. The molecule has 0 aliphatic heterocycles. The quantitative estimate of drug-likeness (QED) is 0.879. The zero-order valence-corrected chi connectivity index (χ0v) is 12.5. The summed E-state index contributed by atoms with van der Waals surface area (Å²) in [6.07, 6.45) is 0. The van der Waals surface area contributed by atoms with Crippen molar-refractivity contribution < 1.29 is 14.1 Å². The van der Waals surface area contributed by atoms with E-state index >= 15 is 0 Å². The number of likely N-dealkylation sites (N-methyl/N-ethyl adjacent to an activating group) is 1. The zero-order valence-electron chi connectivity index (χ0n) is 12.5. The standard InChI is InChI=1S/C15H18N4O3/c1-11-8-13(18-22-11)9-19(2)10-14(20)17-15(21)16-12-6-4-3-5-7-12/h3-8H,9-10H2,1-2H3,(H2,16,17,20,21). The number of carbonyl (C=O) groups excluding carboxylic acids is 2. The summed E-state index contributed by atoms with van der Waals surface area (Å²) >= 11 is 0. The molecule has 0 aliphatic rings. The molecule has 1 aromatic carbocycles. The van der Waals surface area contributed by atoms with Crippen LogP contribution in [0.1, 0.15) is 11.5 Å². The van der Waals surface area contributed by atoms with Gasteiger partial charge in [0.1, 0.15) is 5.76 Å². The number of rotatable bonds is 5. The molecule has 1 heterocycles. The van der Waals surface area contributed by atoms with Crippen LogP contribution in [0.15, 0.2) is 40.9 Å². The van der Waals surface area contributed by atoms with Gasteiger partial charge in [0.05, 0.1) is 12.2 Å². The van der Waals surface area contributed by atoms with Crippen molar-refractivity contribution >= 4 is 17.6 Å². The van der Waals surface area contributed by atoms with E-state index in [1.165, 1.54) is 0 Å². The highest BCUT2D eigenvalue weighted by atomic mass is 16.5. The van der Waals surface area contributed by atoms with Crippen LogP contribution in [-0.4, -0.2) is 35.6 Å². The van der Waals surface area contributed by atoms with E-state index < -0.39 is 11.9 Å². The van der Waals surface area contributed by atoms with Gasteiger partial charge in [0.15, 0.2) is 0 Å². The van der Waals surface area contributed by atoms with E-state index in [1.807, 2.05) is 6.07 Å². The molecule has 2 N–H and O–H groups in total. The maximum Gasteiger partial charge on any atom is 0.325 e. The van der Waals surface area contributed by atoms with E-state index in [-0.39, 0.29) is 6.54 Å². The number of para-hydroxylation sites is 1. The van der Waals surface area contributed by atoms with Gasteiger partial charge in [-0.2, -0.15) is 0 Å². The lowest BCUT2D eigenvalue weighted by atomic mass is 10.3. The number of aromatic nitrogens is 1. The second-order valence-electron chi connectivity index (χ2n) is 4.97. The number of anilines is 1. The van der Waals surface area contributed by atoms with Crippen LogP contribution in [0.2, 0.25) is 0 Å². The summed E-state index contributed by atoms with van der Waals surface area (Å²) < 4.78 is 4.96. The lowest BCUT2D eigenvalue weighted by molar-refractivity contribution is -0.120. The second-order valence-corrected chi connectivity index (χ2v) is 4.97. The topological polar surface area (TPSA) is 87.5 Å². The van der Waals surface area contributed by atoms with Crippen LogP contribution in [-0.2, 0) is 11.3 Å². The van der Waals surface area contributed by atoms with Gasteiger partial charge < -0.3 is 9.84 Å². The first kappa shape index (κ1) is 15.7. The van der Waals surface area contributed by atoms with E-state index in [9.17, 15) is 9.59 Å². The number of nitrogens with one attached hydrogen (secondary N) is 2. The lowest BCUT2D eigenvalue weighted by Gasteiger charge is -2.14. The van der Waals surface area contributed by atoms with Gasteiger partial charge in [0.2, 0.25) is 5.91 Å². The Morgan fingerprint density at radius 1 is 1.27 bits per heavy atom. The predicted octanol–water partition coefficient (Wildman–Crippen LogP) is 1.76. The van der Waals surface area contributed by atoms with Crippen molar-refractivity contribution in [2.75, 3.05) is 18.9 Å². The van der Waals surface area contributed by atoms with Crippen LogP contribution in [0, 0.1) is 6.92 Å². The third kappa shape index (κ3) is 5.02. The average molecular weight is 302 g/mol. The maximum absolute atomic E-state index is 11.8. The van der Waals surface area contributed by atoms with E-state index in [0.29, 0.717) is 12.2 Å². The number of benzene rings is 1. The van der Waals surface area contributed by atoms with Gasteiger partial charge >= 0.3 is 6.03 Å². The summed E-state index contributed by atoms with van der Waals surface area (Å²) in [7, 11) is 1.76. The largest absolute Gasteiger partial charge is 0.361 e. The fraction of sp³-hybridized carbons (Fsp3) is 0.267. The van der Waals surface area contributed by atoms with Gasteiger partial charge in [0.25, 0.3) is 0 Å². The summed E-state index contributed by atoms with van der Waals surface area (Å²) in [4.78, 5) is 25.2. The minimum absolute atomic E-state index is 0.0775. The highest BCUT2D eigenvalue weighted by molar-refractivity contribution is 6.01. The number of carbonyl (C=O) groups is 2. The van der Waals surface area contributed by atoms with E-state index in [2.05, 4.69) is 15.8 Å². The minimum atomic E-state index is -0.554. The van der Waals surface area contributed by atoms with Gasteiger partial charge in [0, 0.05) is 18.3 Å². The fourth-order valence-corrected chi connectivity index (χ4v) is 1.92. The van der Waals surface area contributed by atoms with E-state index in [0.717, 1.165) is 11.5 Å². The smallest absolute Gasteiger partial charge is 0.325 e. The van der Waals surface area contributed by atoms with Crippen LogP contribution < -0.4 is 10.6 Å². The Hall–Kier alpha value is -2.67. The van der Waals surface area contributed by atoms with Crippen molar-refractivity contribution in [3.63, 3.8) is 0 Å². The Kier molecular flexibility index (Phi) is 5.26. The molecule has 1 aromatic heterocycles. The summed E-state index contributed by atoms with van der Waals surface area (Å²) in [6.45, 7) is 2.34. The number of hydrogen-bond donors (Lipinski definition) is 2. The van der Waals surface area contributed by atoms with Crippen molar-refractivity contribution in [2.45, 2.75) is 13.5 Å². The third-order valence-electron chi connectivity index (χ3n) is 2.81. The minimum Gasteiger partial charge on any atom is -0.361 e. The number of hydrogen-bond acceptors (Lipinski definition) is 5. The number of aryl methyl sites for hydroxylation is 1. The molecule has 3 amide bonds. The molecule has 0 unspecified atom stereocenters. The van der Waals surface area contributed by atoms with Crippen molar-refractivity contribution in [3.8, 4) is 0 Å². The molecule has 0 atom stereocenters. The molecule has 2 rings (SSSR count). The van der Waals surface area contributed by atoms with Crippen LogP contribution in [0.25, 0.3) is 0 Å². The van der Waals surface area contributed by atoms with E-state index in [4.69, 9.17) is 4.52 Å². The first-order valence-corrected chi connectivity index (χ1v) is 6.79. The lowest BCUT2D eigenvalue weighted by Crippen LogP contribution is -2.40. The Balaban J connectivity index is 1.76. The first-order chi connectivity index (χ1) is 10.5. The fourth-order valence-electron chi connectivity index (χ4n) is 1.92. The molecule has 22 heavy (non-hydrogen) atoms. The van der Waals surface area contributed by atoms with Crippen LogP contribution in [0.4, 0.5) is 10.5 Å². The number of imide groups is 1. The van der Waals surface area contributed by atoms with Crippen molar-refractivity contribution in [1.29, 1.82) is 0 Å². The third-order valence-corrected chi connectivity index (χ3v) is 2.81. The Morgan fingerprint density at radius 3 is 2.64 bits per heavy atom. The summed E-state index contributed by atoms with van der Waals surface area (Å²) in [5.74, 6) is 0.325. The van der Waals surface area contributed by atoms with Gasteiger partial charge in [-0.25, -0.2) is 4.79 Å². The molecule has 0 saturated heterocycles.